The molecule has 0 bridgehead atoms. The molecule has 0 saturated carbocycles. The smallest absolute Gasteiger partial charge is 0.413 e. The van der Waals surface area contributed by atoms with Crippen LogP contribution in [0.5, 0.6) is 0 Å². The lowest BCUT2D eigenvalue weighted by atomic mass is 10.3. The Bertz CT molecular complexity index is 849. The summed E-state index contributed by atoms with van der Waals surface area (Å²) in [7, 11) is 0. The van der Waals surface area contributed by atoms with E-state index in [1.165, 1.54) is 0 Å². The van der Waals surface area contributed by atoms with Gasteiger partial charge in [-0.05, 0) is 25.1 Å². The molecule has 0 aliphatic rings. The SMILES string of the molecule is CCOC(=O)Nc1nc2ncc(Nc3ccccc3Cl)cc2[nH]1. The van der Waals surface area contributed by atoms with Crippen LogP contribution in [0.3, 0.4) is 0 Å². The van der Waals surface area contributed by atoms with Gasteiger partial charge in [0.1, 0.15) is 0 Å². The second-order valence-corrected chi connectivity index (χ2v) is 5.04. The first-order valence-electron chi connectivity index (χ1n) is 6.97. The lowest BCUT2D eigenvalue weighted by Gasteiger charge is -2.07. The molecule has 0 aliphatic heterocycles. The third kappa shape index (κ3) is 3.51. The Morgan fingerprint density at radius 1 is 1.39 bits per heavy atom. The van der Waals surface area contributed by atoms with Crippen LogP contribution in [0.1, 0.15) is 6.92 Å². The van der Waals surface area contributed by atoms with Gasteiger partial charge in [0.15, 0.2) is 5.65 Å². The molecule has 8 heteroatoms. The van der Waals surface area contributed by atoms with E-state index in [4.69, 9.17) is 16.3 Å². The minimum atomic E-state index is -0.569. The first kappa shape index (κ1) is 15.1. The molecule has 1 amide bonds. The van der Waals surface area contributed by atoms with Gasteiger partial charge < -0.3 is 15.0 Å². The van der Waals surface area contributed by atoms with Gasteiger partial charge in [-0.25, -0.2) is 9.78 Å². The van der Waals surface area contributed by atoms with E-state index in [9.17, 15) is 4.79 Å². The predicted octanol–water partition coefficient (Wildman–Crippen LogP) is 3.92. The van der Waals surface area contributed by atoms with Crippen molar-refractivity contribution in [2.75, 3.05) is 17.2 Å². The number of carbonyl (C=O) groups excluding carboxylic acids is 1. The van der Waals surface area contributed by atoms with Gasteiger partial charge in [-0.1, -0.05) is 23.7 Å². The summed E-state index contributed by atoms with van der Waals surface area (Å²) in [5.74, 6) is 0.279. The van der Waals surface area contributed by atoms with E-state index in [-0.39, 0.29) is 12.6 Å². The van der Waals surface area contributed by atoms with Crippen molar-refractivity contribution in [3.05, 3.63) is 41.6 Å². The van der Waals surface area contributed by atoms with Crippen LogP contribution in [0.25, 0.3) is 11.2 Å². The van der Waals surface area contributed by atoms with Crippen molar-refractivity contribution in [1.82, 2.24) is 15.0 Å². The molecule has 2 heterocycles. The monoisotopic (exact) mass is 331 g/mol. The number of hydrogen-bond donors (Lipinski definition) is 3. The number of nitrogens with one attached hydrogen (secondary N) is 3. The fraction of sp³-hybridized carbons (Fsp3) is 0.133. The molecule has 0 atom stereocenters. The molecule has 2 aromatic heterocycles. The van der Waals surface area contributed by atoms with Crippen molar-refractivity contribution in [3.8, 4) is 0 Å². The highest BCUT2D eigenvalue weighted by atomic mass is 35.5. The first-order valence-corrected chi connectivity index (χ1v) is 7.34. The van der Waals surface area contributed by atoms with Crippen LogP contribution in [0, 0.1) is 0 Å². The number of carbonyl (C=O) groups is 1. The number of hydrogen-bond acceptors (Lipinski definition) is 5. The van der Waals surface area contributed by atoms with E-state index in [0.29, 0.717) is 16.2 Å². The van der Waals surface area contributed by atoms with Gasteiger partial charge in [-0.3, -0.25) is 5.32 Å². The highest BCUT2D eigenvalue weighted by Gasteiger charge is 2.09. The summed E-state index contributed by atoms with van der Waals surface area (Å²) < 4.78 is 4.80. The number of benzene rings is 1. The molecule has 3 N–H and O–H groups in total. The van der Waals surface area contributed by atoms with Crippen molar-refractivity contribution in [2.45, 2.75) is 6.92 Å². The number of amides is 1. The first-order chi connectivity index (χ1) is 11.2. The van der Waals surface area contributed by atoms with Gasteiger partial charge in [-0.15, -0.1) is 0 Å². The molecule has 0 aliphatic carbocycles. The Labute approximate surface area is 137 Å². The zero-order valence-electron chi connectivity index (χ0n) is 12.3. The minimum absolute atomic E-state index is 0.279. The Kier molecular flexibility index (Phi) is 4.29. The number of halogens is 1. The van der Waals surface area contributed by atoms with Gasteiger partial charge in [0.05, 0.1) is 34.7 Å². The highest BCUT2D eigenvalue weighted by molar-refractivity contribution is 6.33. The Hall–Kier alpha value is -2.80. The van der Waals surface area contributed by atoms with Crippen LogP contribution >= 0.6 is 11.6 Å². The molecular formula is C15H14ClN5O2. The maximum atomic E-state index is 11.4. The maximum Gasteiger partial charge on any atom is 0.413 e. The molecular weight excluding hydrogens is 318 g/mol. The molecule has 1 aromatic carbocycles. The number of fused-ring (bicyclic) bond motifs is 1. The Balaban J connectivity index is 1.82. The van der Waals surface area contributed by atoms with Gasteiger partial charge in [0.2, 0.25) is 5.95 Å². The summed E-state index contributed by atoms with van der Waals surface area (Å²) in [6.45, 7) is 2.02. The van der Waals surface area contributed by atoms with Crippen LogP contribution in [-0.2, 0) is 4.74 Å². The molecule has 3 aromatic rings. The third-order valence-corrected chi connectivity index (χ3v) is 3.32. The van der Waals surface area contributed by atoms with Crippen LogP contribution in [-0.4, -0.2) is 27.7 Å². The molecule has 0 unspecified atom stereocenters. The van der Waals surface area contributed by atoms with E-state index in [1.807, 2.05) is 24.3 Å². The van der Waals surface area contributed by atoms with Crippen LogP contribution < -0.4 is 10.6 Å². The second-order valence-electron chi connectivity index (χ2n) is 4.63. The van der Waals surface area contributed by atoms with E-state index in [0.717, 1.165) is 11.4 Å². The zero-order valence-corrected chi connectivity index (χ0v) is 13.0. The summed E-state index contributed by atoms with van der Waals surface area (Å²) in [6.07, 6.45) is 1.07. The number of para-hydroxylation sites is 1. The summed E-state index contributed by atoms with van der Waals surface area (Å²) in [4.78, 5) is 22.8. The molecule has 23 heavy (non-hydrogen) atoms. The van der Waals surface area contributed by atoms with Crippen LogP contribution in [0.15, 0.2) is 36.5 Å². The average molecular weight is 332 g/mol. The van der Waals surface area contributed by atoms with Crippen LogP contribution in [0.2, 0.25) is 5.02 Å². The van der Waals surface area contributed by atoms with Crippen molar-refractivity contribution < 1.29 is 9.53 Å². The summed E-state index contributed by atoms with van der Waals surface area (Å²) in [5.41, 5.74) is 2.69. The molecule has 0 spiro atoms. The quantitative estimate of drug-likeness (QED) is 0.673. The van der Waals surface area contributed by atoms with E-state index in [1.54, 1.807) is 19.2 Å². The number of pyridine rings is 1. The maximum absolute atomic E-state index is 11.4. The molecule has 0 saturated heterocycles. The van der Waals surface area contributed by atoms with E-state index >= 15 is 0 Å². The van der Waals surface area contributed by atoms with E-state index in [2.05, 4.69) is 25.6 Å². The van der Waals surface area contributed by atoms with Crippen molar-refractivity contribution in [3.63, 3.8) is 0 Å². The number of anilines is 3. The molecule has 0 fully saturated rings. The summed E-state index contributed by atoms with van der Waals surface area (Å²) >= 11 is 6.12. The Morgan fingerprint density at radius 3 is 3.00 bits per heavy atom. The second kappa shape index (κ2) is 6.53. The topological polar surface area (TPSA) is 91.9 Å². The number of nitrogens with zero attached hydrogens (tertiary/aromatic N) is 2. The predicted molar refractivity (Wildman–Crippen MR) is 89.3 cm³/mol. The largest absolute Gasteiger partial charge is 0.450 e. The normalized spacial score (nSPS) is 10.5. The summed E-state index contributed by atoms with van der Waals surface area (Å²) in [6, 6.07) is 9.24. The lowest BCUT2D eigenvalue weighted by molar-refractivity contribution is 0.167. The zero-order chi connectivity index (χ0) is 16.2. The minimum Gasteiger partial charge on any atom is -0.450 e. The molecule has 7 nitrogen and oxygen atoms in total. The van der Waals surface area contributed by atoms with Crippen LogP contribution in [0.4, 0.5) is 22.1 Å². The van der Waals surface area contributed by atoms with E-state index < -0.39 is 6.09 Å². The van der Waals surface area contributed by atoms with Gasteiger partial charge in [0, 0.05) is 0 Å². The number of aromatic nitrogens is 3. The summed E-state index contributed by atoms with van der Waals surface area (Å²) in [5, 5.41) is 6.29. The van der Waals surface area contributed by atoms with Crippen molar-refractivity contribution in [2.24, 2.45) is 0 Å². The number of imidazole rings is 1. The fourth-order valence-corrected chi connectivity index (χ4v) is 2.19. The number of aromatic amines is 1. The lowest BCUT2D eigenvalue weighted by Crippen LogP contribution is -2.14. The average Bonchev–Trinajstić information content (AvgIpc) is 2.91. The number of H-pyrrole nitrogens is 1. The molecule has 0 radical (unpaired) electrons. The standard InChI is InChI=1S/C15H14ClN5O2/c1-2-23-15(22)21-14-19-12-7-9(8-17-13(12)20-14)18-11-6-4-3-5-10(11)16/h3-8,18H,2H2,1H3,(H2,17,19,20,21,22). The molecule has 118 valence electrons. The third-order valence-electron chi connectivity index (χ3n) is 2.99. The van der Waals surface area contributed by atoms with Gasteiger partial charge in [0.25, 0.3) is 0 Å². The highest BCUT2D eigenvalue weighted by Crippen LogP contribution is 2.25. The number of ether oxygens (including phenoxy) is 1. The van der Waals surface area contributed by atoms with Gasteiger partial charge >= 0.3 is 6.09 Å². The van der Waals surface area contributed by atoms with Crippen molar-refractivity contribution >= 4 is 46.2 Å². The Morgan fingerprint density at radius 2 is 2.22 bits per heavy atom. The number of rotatable bonds is 4. The van der Waals surface area contributed by atoms with Crippen molar-refractivity contribution in [1.29, 1.82) is 0 Å². The fourth-order valence-electron chi connectivity index (χ4n) is 2.01. The molecule has 3 rings (SSSR count). The van der Waals surface area contributed by atoms with Gasteiger partial charge in [-0.2, -0.15) is 4.98 Å².